The van der Waals surface area contributed by atoms with Gasteiger partial charge in [0, 0.05) is 5.39 Å². The number of aryl methyl sites for hydroxylation is 1. The zero-order chi connectivity index (χ0) is 13.3. The smallest absolute Gasteiger partial charge is 0.287 e. The number of nitrogens with two attached hydrogens (primary N) is 1. The Kier molecular flexibility index (Phi) is 3.34. The van der Waals surface area contributed by atoms with Crippen LogP contribution in [-0.2, 0) is 0 Å². The number of amides is 1. The second kappa shape index (κ2) is 4.78. The van der Waals surface area contributed by atoms with Crippen LogP contribution in [0.25, 0.3) is 11.0 Å². The molecule has 1 aromatic carbocycles. The Morgan fingerprint density at radius 1 is 1.44 bits per heavy atom. The minimum Gasteiger partial charge on any atom is -0.451 e. The maximum absolute atomic E-state index is 11.9. The highest BCUT2D eigenvalue weighted by atomic mass is 32.1. The van der Waals surface area contributed by atoms with Crippen molar-refractivity contribution in [3.63, 3.8) is 0 Å². The van der Waals surface area contributed by atoms with Crippen LogP contribution in [0.15, 0.2) is 28.7 Å². The third-order valence-electron chi connectivity index (χ3n) is 2.67. The van der Waals surface area contributed by atoms with Crippen molar-refractivity contribution in [2.45, 2.75) is 19.9 Å². The number of hydrogen-bond donors (Lipinski definition) is 2. The van der Waals surface area contributed by atoms with Gasteiger partial charge >= 0.3 is 0 Å². The Balaban J connectivity index is 2.26. The van der Waals surface area contributed by atoms with Gasteiger partial charge in [0.25, 0.3) is 5.91 Å². The molecule has 0 bridgehead atoms. The fourth-order valence-corrected chi connectivity index (χ4v) is 1.67. The quantitative estimate of drug-likeness (QED) is 0.832. The number of hydrogen-bond acceptors (Lipinski definition) is 3. The molecule has 0 aliphatic rings. The summed E-state index contributed by atoms with van der Waals surface area (Å²) in [6, 6.07) is 7.10. The highest BCUT2D eigenvalue weighted by molar-refractivity contribution is 7.80. The Labute approximate surface area is 110 Å². The Bertz CT molecular complexity index is 618. The van der Waals surface area contributed by atoms with Gasteiger partial charge in [0.2, 0.25) is 0 Å². The molecule has 5 heteroatoms. The fourth-order valence-electron chi connectivity index (χ4n) is 1.61. The third-order valence-corrected chi connectivity index (χ3v) is 3.02. The van der Waals surface area contributed by atoms with E-state index >= 15 is 0 Å². The lowest BCUT2D eigenvalue weighted by molar-refractivity contribution is 0.0923. The summed E-state index contributed by atoms with van der Waals surface area (Å²) < 4.78 is 5.47. The lowest BCUT2D eigenvalue weighted by Gasteiger charge is -2.10. The normalized spacial score (nSPS) is 12.3. The number of thiocarbonyl (C=S) groups is 1. The molecule has 0 radical (unpaired) electrons. The summed E-state index contributed by atoms with van der Waals surface area (Å²) in [4.78, 5) is 12.1. The van der Waals surface area contributed by atoms with Crippen LogP contribution >= 0.6 is 12.2 Å². The van der Waals surface area contributed by atoms with Crippen molar-refractivity contribution >= 4 is 34.1 Å². The van der Waals surface area contributed by atoms with Gasteiger partial charge < -0.3 is 15.5 Å². The first-order chi connectivity index (χ1) is 8.47. The van der Waals surface area contributed by atoms with Gasteiger partial charge in [0.15, 0.2) is 5.76 Å². The number of carbonyl (C=O) groups excluding carboxylic acids is 1. The molecule has 18 heavy (non-hydrogen) atoms. The molecule has 0 aliphatic carbocycles. The molecule has 1 amide bonds. The second-order valence-electron chi connectivity index (χ2n) is 4.25. The van der Waals surface area contributed by atoms with E-state index in [1.807, 2.05) is 25.1 Å². The van der Waals surface area contributed by atoms with Crippen molar-refractivity contribution in [2.24, 2.45) is 5.73 Å². The molecule has 1 unspecified atom stereocenters. The Hall–Kier alpha value is -1.88. The third kappa shape index (κ3) is 2.51. The maximum atomic E-state index is 11.9. The van der Waals surface area contributed by atoms with Gasteiger partial charge in [0.1, 0.15) is 5.58 Å². The van der Waals surface area contributed by atoms with Crippen LogP contribution in [0.5, 0.6) is 0 Å². The summed E-state index contributed by atoms with van der Waals surface area (Å²) in [5.74, 6) is -0.0529. The summed E-state index contributed by atoms with van der Waals surface area (Å²) >= 11 is 4.80. The molecule has 2 rings (SSSR count). The van der Waals surface area contributed by atoms with Crippen molar-refractivity contribution in [1.82, 2.24) is 5.32 Å². The second-order valence-corrected chi connectivity index (χ2v) is 4.72. The van der Waals surface area contributed by atoms with Crippen LogP contribution in [-0.4, -0.2) is 16.9 Å². The lowest BCUT2D eigenvalue weighted by Crippen LogP contribution is -2.41. The molecular formula is C13H14N2O2S. The zero-order valence-corrected chi connectivity index (χ0v) is 11.0. The molecular weight excluding hydrogens is 248 g/mol. The largest absolute Gasteiger partial charge is 0.451 e. The van der Waals surface area contributed by atoms with Crippen molar-refractivity contribution < 1.29 is 9.21 Å². The molecule has 0 spiro atoms. The minimum absolute atomic E-state index is 0.246. The molecule has 0 saturated heterocycles. The SMILES string of the molecule is Cc1ccc2oc(C(=O)NC(C)C(N)=S)cc2c1. The van der Waals surface area contributed by atoms with Crippen molar-refractivity contribution in [3.8, 4) is 0 Å². The number of furan rings is 1. The van der Waals surface area contributed by atoms with Crippen molar-refractivity contribution in [1.29, 1.82) is 0 Å². The summed E-state index contributed by atoms with van der Waals surface area (Å²) in [5.41, 5.74) is 7.25. The number of benzene rings is 1. The minimum atomic E-state index is -0.359. The molecule has 1 aromatic heterocycles. The van der Waals surface area contributed by atoms with E-state index in [1.165, 1.54) is 0 Å². The molecule has 1 atom stereocenters. The average molecular weight is 262 g/mol. The van der Waals surface area contributed by atoms with E-state index in [0.717, 1.165) is 10.9 Å². The van der Waals surface area contributed by atoms with Crippen molar-refractivity contribution in [2.75, 3.05) is 0 Å². The summed E-state index contributed by atoms with van der Waals surface area (Å²) in [5, 5.41) is 3.58. The Morgan fingerprint density at radius 3 is 2.83 bits per heavy atom. The first-order valence-corrected chi connectivity index (χ1v) is 5.98. The van der Waals surface area contributed by atoms with Crippen molar-refractivity contribution in [3.05, 3.63) is 35.6 Å². The summed E-state index contributed by atoms with van der Waals surface area (Å²) in [6.45, 7) is 3.72. The number of fused-ring (bicyclic) bond motifs is 1. The number of nitrogens with one attached hydrogen (secondary N) is 1. The Morgan fingerprint density at radius 2 is 2.17 bits per heavy atom. The molecule has 0 fully saturated rings. The fraction of sp³-hybridized carbons (Fsp3) is 0.231. The standard InChI is InChI=1S/C13H14N2O2S/c1-7-3-4-10-9(5-7)6-11(17-10)13(16)15-8(2)12(14)18/h3-6,8H,1-2H3,(H2,14,18)(H,15,16). The van der Waals surface area contributed by atoms with Crippen LogP contribution < -0.4 is 11.1 Å². The van der Waals surface area contributed by atoms with E-state index in [-0.39, 0.29) is 22.7 Å². The predicted molar refractivity (Wildman–Crippen MR) is 74.7 cm³/mol. The topological polar surface area (TPSA) is 68.3 Å². The van der Waals surface area contributed by atoms with Gasteiger partial charge in [-0.05, 0) is 32.0 Å². The van der Waals surface area contributed by atoms with E-state index in [1.54, 1.807) is 13.0 Å². The van der Waals surface area contributed by atoms with E-state index < -0.39 is 0 Å². The van der Waals surface area contributed by atoms with Gasteiger partial charge in [0.05, 0.1) is 11.0 Å². The monoisotopic (exact) mass is 262 g/mol. The van der Waals surface area contributed by atoms with E-state index in [9.17, 15) is 4.79 Å². The molecule has 3 N–H and O–H groups in total. The first-order valence-electron chi connectivity index (χ1n) is 5.58. The molecule has 0 saturated carbocycles. The van der Waals surface area contributed by atoms with Gasteiger partial charge in [-0.3, -0.25) is 4.79 Å². The van der Waals surface area contributed by atoms with Gasteiger partial charge in [-0.25, -0.2) is 0 Å². The maximum Gasteiger partial charge on any atom is 0.287 e. The van der Waals surface area contributed by atoms with Gasteiger partial charge in [-0.2, -0.15) is 0 Å². The van der Waals surface area contributed by atoms with E-state index in [2.05, 4.69) is 5.32 Å². The lowest BCUT2D eigenvalue weighted by atomic mass is 10.2. The molecule has 1 heterocycles. The van der Waals surface area contributed by atoms with Gasteiger partial charge in [-0.1, -0.05) is 23.8 Å². The van der Waals surface area contributed by atoms with Gasteiger partial charge in [-0.15, -0.1) is 0 Å². The molecule has 2 aromatic rings. The van der Waals surface area contributed by atoms with Crippen LogP contribution in [0, 0.1) is 6.92 Å². The highest BCUT2D eigenvalue weighted by Gasteiger charge is 2.15. The predicted octanol–water partition coefficient (Wildman–Crippen LogP) is 2.15. The molecule has 94 valence electrons. The average Bonchev–Trinajstić information content (AvgIpc) is 2.71. The first kappa shape index (κ1) is 12.6. The number of carbonyl (C=O) groups is 1. The van der Waals surface area contributed by atoms with Crippen LogP contribution in [0.4, 0.5) is 0 Å². The summed E-state index contributed by atoms with van der Waals surface area (Å²) in [6.07, 6.45) is 0. The van der Waals surface area contributed by atoms with E-state index in [4.69, 9.17) is 22.4 Å². The van der Waals surface area contributed by atoms with Crippen LogP contribution in [0.3, 0.4) is 0 Å². The zero-order valence-electron chi connectivity index (χ0n) is 10.2. The molecule has 4 nitrogen and oxygen atoms in total. The highest BCUT2D eigenvalue weighted by Crippen LogP contribution is 2.20. The number of rotatable bonds is 3. The van der Waals surface area contributed by atoms with Crippen LogP contribution in [0.2, 0.25) is 0 Å². The van der Waals surface area contributed by atoms with Crippen LogP contribution in [0.1, 0.15) is 23.0 Å². The van der Waals surface area contributed by atoms with E-state index in [0.29, 0.717) is 5.58 Å². The summed E-state index contributed by atoms with van der Waals surface area (Å²) in [7, 11) is 0. The molecule has 0 aliphatic heterocycles.